The van der Waals surface area contributed by atoms with Gasteiger partial charge < -0.3 is 15.4 Å². The van der Waals surface area contributed by atoms with Crippen LogP contribution in [0.15, 0.2) is 24.3 Å². The highest BCUT2D eigenvalue weighted by Gasteiger charge is 2.28. The summed E-state index contributed by atoms with van der Waals surface area (Å²) in [6, 6.07) is 6.61. The van der Waals surface area contributed by atoms with Crippen molar-refractivity contribution < 1.29 is 17.9 Å². The number of ether oxygens (including phenoxy) is 1. The lowest BCUT2D eigenvalue weighted by atomic mass is 10.2. The highest BCUT2D eigenvalue weighted by Crippen LogP contribution is 2.13. The average Bonchev–Trinajstić information content (AvgIpc) is 2.69. The minimum atomic E-state index is -2.99. The van der Waals surface area contributed by atoms with Crippen LogP contribution in [0.25, 0.3) is 0 Å². The van der Waals surface area contributed by atoms with E-state index in [-0.39, 0.29) is 23.6 Å². The normalized spacial score (nSPS) is 20.6. The molecule has 0 saturated carbocycles. The summed E-state index contributed by atoms with van der Waals surface area (Å²) in [5.74, 6) is 0.158. The van der Waals surface area contributed by atoms with Crippen LogP contribution in [0.2, 0.25) is 0 Å². The molecule has 110 valence electrons. The van der Waals surface area contributed by atoms with Crippen molar-refractivity contribution in [2.45, 2.75) is 19.1 Å². The predicted molar refractivity (Wildman–Crippen MR) is 76.4 cm³/mol. The molecule has 1 aliphatic heterocycles. The van der Waals surface area contributed by atoms with E-state index in [0.717, 1.165) is 5.56 Å². The topological polar surface area (TPSA) is 84.5 Å². The van der Waals surface area contributed by atoms with Gasteiger partial charge in [-0.05, 0) is 24.1 Å². The molecule has 0 bridgehead atoms. The number of hydrogen-bond donors (Lipinski definition) is 2. The van der Waals surface area contributed by atoms with Crippen LogP contribution in [0.4, 0.5) is 10.5 Å². The molecule has 1 atom stereocenters. The van der Waals surface area contributed by atoms with Crippen LogP contribution in [-0.2, 0) is 21.2 Å². The third-order valence-electron chi connectivity index (χ3n) is 3.06. The van der Waals surface area contributed by atoms with Gasteiger partial charge in [0.1, 0.15) is 0 Å². The van der Waals surface area contributed by atoms with E-state index in [1.54, 1.807) is 13.2 Å². The number of anilines is 1. The number of rotatable bonds is 4. The van der Waals surface area contributed by atoms with Crippen LogP contribution in [0.3, 0.4) is 0 Å². The Bertz CT molecular complexity index is 586. The molecule has 1 aromatic carbocycles. The molecule has 20 heavy (non-hydrogen) atoms. The molecule has 0 aliphatic carbocycles. The Morgan fingerprint density at radius 3 is 2.90 bits per heavy atom. The number of carbonyl (C=O) groups is 1. The number of hydrogen-bond acceptors (Lipinski definition) is 4. The smallest absolute Gasteiger partial charge is 0.319 e. The van der Waals surface area contributed by atoms with E-state index >= 15 is 0 Å². The van der Waals surface area contributed by atoms with Gasteiger partial charge in [0.15, 0.2) is 9.84 Å². The third-order valence-corrected chi connectivity index (χ3v) is 4.83. The number of nitrogens with one attached hydrogen (secondary N) is 2. The molecule has 1 fully saturated rings. The van der Waals surface area contributed by atoms with Gasteiger partial charge in [-0.15, -0.1) is 0 Å². The van der Waals surface area contributed by atoms with Gasteiger partial charge >= 0.3 is 6.03 Å². The first kappa shape index (κ1) is 14.8. The molecule has 0 aromatic heterocycles. The van der Waals surface area contributed by atoms with Gasteiger partial charge in [-0.2, -0.15) is 0 Å². The van der Waals surface area contributed by atoms with E-state index in [1.807, 2.05) is 18.2 Å². The van der Waals surface area contributed by atoms with Crippen molar-refractivity contribution >= 4 is 21.6 Å². The lowest BCUT2D eigenvalue weighted by molar-refractivity contribution is 0.185. The van der Waals surface area contributed by atoms with Crippen molar-refractivity contribution in [1.82, 2.24) is 5.32 Å². The number of carbonyl (C=O) groups excluding carboxylic acids is 1. The van der Waals surface area contributed by atoms with Gasteiger partial charge in [-0.1, -0.05) is 12.1 Å². The van der Waals surface area contributed by atoms with Crippen LogP contribution in [0, 0.1) is 0 Å². The second kappa shape index (κ2) is 6.23. The van der Waals surface area contributed by atoms with Crippen molar-refractivity contribution in [1.29, 1.82) is 0 Å². The van der Waals surface area contributed by atoms with Gasteiger partial charge in [-0.25, -0.2) is 13.2 Å². The van der Waals surface area contributed by atoms with Crippen LogP contribution in [0.5, 0.6) is 0 Å². The van der Waals surface area contributed by atoms with E-state index in [0.29, 0.717) is 18.7 Å². The third kappa shape index (κ3) is 4.21. The quantitative estimate of drug-likeness (QED) is 0.873. The lowest BCUT2D eigenvalue weighted by Crippen LogP contribution is -2.38. The van der Waals surface area contributed by atoms with Gasteiger partial charge in [-0.3, -0.25) is 0 Å². The Kier molecular flexibility index (Phi) is 4.61. The van der Waals surface area contributed by atoms with Crippen molar-refractivity contribution in [3.05, 3.63) is 29.8 Å². The number of sulfone groups is 1. The van der Waals surface area contributed by atoms with E-state index in [9.17, 15) is 13.2 Å². The summed E-state index contributed by atoms with van der Waals surface area (Å²) in [5.41, 5.74) is 1.60. The number of methoxy groups -OCH3 is 1. The van der Waals surface area contributed by atoms with E-state index in [1.165, 1.54) is 0 Å². The molecule has 0 radical (unpaired) electrons. The molecule has 0 unspecified atom stereocenters. The van der Waals surface area contributed by atoms with Crippen molar-refractivity contribution in [3.63, 3.8) is 0 Å². The Labute approximate surface area is 118 Å². The first-order valence-corrected chi connectivity index (χ1v) is 8.16. The molecule has 1 saturated heterocycles. The molecule has 2 amide bonds. The molecule has 2 N–H and O–H groups in total. The predicted octanol–water partition coefficient (Wildman–Crippen LogP) is 1.14. The van der Waals surface area contributed by atoms with Gasteiger partial charge in [0, 0.05) is 18.8 Å². The fourth-order valence-corrected chi connectivity index (χ4v) is 3.84. The van der Waals surface area contributed by atoms with Gasteiger partial charge in [0.05, 0.1) is 18.1 Å². The first-order valence-electron chi connectivity index (χ1n) is 6.34. The van der Waals surface area contributed by atoms with Crippen LogP contribution in [0.1, 0.15) is 12.0 Å². The molecule has 1 aromatic rings. The van der Waals surface area contributed by atoms with Gasteiger partial charge in [0.2, 0.25) is 0 Å². The molecule has 2 rings (SSSR count). The van der Waals surface area contributed by atoms with Crippen molar-refractivity contribution in [2.75, 3.05) is 23.9 Å². The average molecular weight is 298 g/mol. The van der Waals surface area contributed by atoms with E-state index in [2.05, 4.69) is 10.6 Å². The highest BCUT2D eigenvalue weighted by atomic mass is 32.2. The standard InChI is InChI=1S/C13H18N2O4S/c1-19-8-10-3-2-4-11(7-10)14-13(16)15-12-5-6-20(17,18)9-12/h2-4,7,12H,5-6,8-9H2,1H3,(H2,14,15,16)/t12-/m1/s1. The maximum Gasteiger partial charge on any atom is 0.319 e. The molecule has 6 nitrogen and oxygen atoms in total. The highest BCUT2D eigenvalue weighted by molar-refractivity contribution is 7.91. The number of urea groups is 1. The van der Waals surface area contributed by atoms with E-state index < -0.39 is 9.84 Å². The number of amides is 2. The molecule has 0 spiro atoms. The zero-order valence-corrected chi connectivity index (χ0v) is 12.1. The summed E-state index contributed by atoms with van der Waals surface area (Å²) >= 11 is 0. The summed E-state index contributed by atoms with van der Waals surface area (Å²) in [7, 11) is -1.38. The fraction of sp³-hybridized carbons (Fsp3) is 0.462. The summed E-state index contributed by atoms with van der Waals surface area (Å²) < 4.78 is 27.6. The zero-order chi connectivity index (χ0) is 14.6. The van der Waals surface area contributed by atoms with Crippen molar-refractivity contribution in [3.8, 4) is 0 Å². The fourth-order valence-electron chi connectivity index (χ4n) is 2.17. The molecular weight excluding hydrogens is 280 g/mol. The van der Waals surface area contributed by atoms with Crippen LogP contribution in [-0.4, -0.2) is 39.1 Å². The molecule has 1 aliphatic rings. The summed E-state index contributed by atoms with van der Waals surface area (Å²) in [4.78, 5) is 11.8. The monoisotopic (exact) mass is 298 g/mol. The Hall–Kier alpha value is -1.60. The SMILES string of the molecule is COCc1cccc(NC(=O)N[C@@H]2CCS(=O)(=O)C2)c1. The largest absolute Gasteiger partial charge is 0.380 e. The Balaban J connectivity index is 1.90. The lowest BCUT2D eigenvalue weighted by Gasteiger charge is -2.12. The Morgan fingerprint density at radius 2 is 2.25 bits per heavy atom. The second-order valence-electron chi connectivity index (χ2n) is 4.83. The summed E-state index contributed by atoms with van der Waals surface area (Å²) in [5, 5.41) is 5.37. The first-order chi connectivity index (χ1) is 9.48. The van der Waals surface area contributed by atoms with Gasteiger partial charge in [0.25, 0.3) is 0 Å². The zero-order valence-electron chi connectivity index (χ0n) is 11.3. The maximum absolute atomic E-state index is 11.8. The van der Waals surface area contributed by atoms with Crippen LogP contribution >= 0.6 is 0 Å². The second-order valence-corrected chi connectivity index (χ2v) is 7.06. The Morgan fingerprint density at radius 1 is 1.45 bits per heavy atom. The molecular formula is C13H18N2O4S. The molecule has 7 heteroatoms. The number of benzene rings is 1. The maximum atomic E-state index is 11.8. The minimum Gasteiger partial charge on any atom is -0.380 e. The summed E-state index contributed by atoms with van der Waals surface area (Å²) in [6.45, 7) is 0.470. The van der Waals surface area contributed by atoms with Crippen LogP contribution < -0.4 is 10.6 Å². The molecule has 1 heterocycles. The summed E-state index contributed by atoms with van der Waals surface area (Å²) in [6.07, 6.45) is 0.472. The minimum absolute atomic E-state index is 0.0180. The van der Waals surface area contributed by atoms with E-state index in [4.69, 9.17) is 4.74 Å². The van der Waals surface area contributed by atoms with Crippen molar-refractivity contribution in [2.24, 2.45) is 0 Å².